The van der Waals surface area contributed by atoms with Gasteiger partial charge in [-0.3, -0.25) is 4.79 Å². The molecular weight excluding hydrogens is 326 g/mol. The van der Waals surface area contributed by atoms with E-state index >= 15 is 0 Å². The minimum Gasteiger partial charge on any atom is -0.490 e. The Bertz CT molecular complexity index is 747. The first-order chi connectivity index (χ1) is 12.0. The van der Waals surface area contributed by atoms with Crippen molar-refractivity contribution < 1.29 is 24.0 Å². The Hall–Kier alpha value is -2.45. The summed E-state index contributed by atoms with van der Waals surface area (Å²) >= 11 is 0. The van der Waals surface area contributed by atoms with Gasteiger partial charge in [0, 0.05) is 6.54 Å². The molecule has 1 N–H and O–H groups in total. The first-order valence-electron chi connectivity index (χ1n) is 8.05. The molecule has 25 heavy (non-hydrogen) atoms. The minimum atomic E-state index is -1.32. The van der Waals surface area contributed by atoms with Crippen LogP contribution in [0.4, 0.5) is 0 Å². The maximum atomic E-state index is 12.6. The number of carbonyl (C=O) groups excluding carboxylic acids is 1. The Balaban J connectivity index is 1.70. The van der Waals surface area contributed by atoms with Crippen LogP contribution in [0.15, 0.2) is 28.9 Å². The number of β-amino-alcohol motifs (C(OH)–C–C–N with tert-alkyl or cyclic N) is 1. The smallest absolute Gasteiger partial charge is 0.278 e. The van der Waals surface area contributed by atoms with Crippen molar-refractivity contribution in [1.29, 1.82) is 0 Å². The highest BCUT2D eigenvalue weighted by Gasteiger charge is 2.36. The Morgan fingerprint density at radius 2 is 2.24 bits per heavy atom. The molecule has 1 aliphatic heterocycles. The number of hydrogen-bond donors (Lipinski definition) is 1. The summed E-state index contributed by atoms with van der Waals surface area (Å²) in [6.07, 6.45) is 0. The number of nitrogens with zero attached hydrogens (tertiary/aromatic N) is 3. The zero-order valence-electron chi connectivity index (χ0n) is 14.3. The molecule has 0 bridgehead atoms. The van der Waals surface area contributed by atoms with E-state index in [0.717, 1.165) is 5.56 Å². The van der Waals surface area contributed by atoms with Gasteiger partial charge in [-0.2, -0.15) is 0 Å². The molecule has 1 saturated heterocycles. The second kappa shape index (κ2) is 7.20. The molecule has 8 nitrogen and oxygen atoms in total. The van der Waals surface area contributed by atoms with E-state index < -0.39 is 5.60 Å². The molecule has 1 amide bonds. The van der Waals surface area contributed by atoms with Gasteiger partial charge in [0.2, 0.25) is 0 Å². The molecule has 0 unspecified atom stereocenters. The van der Waals surface area contributed by atoms with Crippen LogP contribution in [0.2, 0.25) is 0 Å². The molecule has 3 rings (SSSR count). The first-order valence-corrected chi connectivity index (χ1v) is 8.05. The van der Waals surface area contributed by atoms with Gasteiger partial charge in [-0.05, 0) is 36.7 Å². The molecule has 1 aliphatic rings. The highest BCUT2D eigenvalue weighted by molar-refractivity contribution is 5.93. The van der Waals surface area contributed by atoms with Gasteiger partial charge in [0.1, 0.15) is 23.7 Å². The van der Waals surface area contributed by atoms with Crippen molar-refractivity contribution in [3.63, 3.8) is 0 Å². The second-order valence-corrected chi connectivity index (χ2v) is 6.31. The molecular formula is C17H21N3O5. The SMILES string of the molecule is Cc1cccc(OC[C@@]2(O)COCCN(C(=O)c3nonc3C)C2)c1. The number of carbonyl (C=O) groups is 1. The lowest BCUT2D eigenvalue weighted by molar-refractivity contribution is -0.0621. The molecule has 1 fully saturated rings. The standard InChI is InChI=1S/C17H21N3O5/c1-12-4-3-5-14(8-12)24-11-17(22)9-20(6-7-23-10-17)16(21)15-13(2)18-25-19-15/h3-5,8,22H,6-7,9-11H2,1-2H3/t17-/m0/s1. The largest absolute Gasteiger partial charge is 0.490 e. The number of aliphatic hydroxyl groups is 1. The summed E-state index contributed by atoms with van der Waals surface area (Å²) in [5.41, 5.74) is 0.298. The lowest BCUT2D eigenvalue weighted by atomic mass is 10.1. The van der Waals surface area contributed by atoms with Crippen molar-refractivity contribution in [2.75, 3.05) is 32.9 Å². The van der Waals surface area contributed by atoms with Crippen molar-refractivity contribution in [2.24, 2.45) is 0 Å². The summed E-state index contributed by atoms with van der Waals surface area (Å²) in [5.74, 6) is 0.310. The third-order valence-corrected chi connectivity index (χ3v) is 4.00. The monoisotopic (exact) mass is 347 g/mol. The molecule has 0 spiro atoms. The zero-order valence-corrected chi connectivity index (χ0v) is 14.3. The van der Waals surface area contributed by atoms with Gasteiger partial charge < -0.3 is 19.5 Å². The third-order valence-electron chi connectivity index (χ3n) is 4.00. The molecule has 1 aromatic heterocycles. The Labute approximate surface area is 145 Å². The second-order valence-electron chi connectivity index (χ2n) is 6.31. The van der Waals surface area contributed by atoms with Gasteiger partial charge >= 0.3 is 0 Å². The van der Waals surface area contributed by atoms with Crippen LogP contribution in [-0.4, -0.2) is 64.7 Å². The van der Waals surface area contributed by atoms with Gasteiger partial charge in [-0.1, -0.05) is 17.3 Å². The Morgan fingerprint density at radius 1 is 1.40 bits per heavy atom. The average molecular weight is 347 g/mol. The predicted molar refractivity (Wildman–Crippen MR) is 87.4 cm³/mol. The fourth-order valence-corrected chi connectivity index (χ4v) is 2.68. The summed E-state index contributed by atoms with van der Waals surface area (Å²) < 4.78 is 15.8. The topological polar surface area (TPSA) is 97.9 Å². The molecule has 0 radical (unpaired) electrons. The highest BCUT2D eigenvalue weighted by Crippen LogP contribution is 2.19. The van der Waals surface area contributed by atoms with Crippen LogP contribution in [0.5, 0.6) is 5.75 Å². The van der Waals surface area contributed by atoms with Crippen LogP contribution in [0, 0.1) is 13.8 Å². The Kier molecular flexibility index (Phi) is 5.00. The van der Waals surface area contributed by atoms with E-state index in [1.807, 2.05) is 31.2 Å². The Morgan fingerprint density at radius 3 is 2.96 bits per heavy atom. The van der Waals surface area contributed by atoms with E-state index in [2.05, 4.69) is 14.9 Å². The lowest BCUT2D eigenvalue weighted by Crippen LogP contribution is -2.50. The summed E-state index contributed by atoms with van der Waals surface area (Å²) in [7, 11) is 0. The number of hydrogen-bond acceptors (Lipinski definition) is 7. The van der Waals surface area contributed by atoms with Crippen molar-refractivity contribution in [1.82, 2.24) is 15.2 Å². The average Bonchev–Trinajstić information content (AvgIpc) is 2.91. The quantitative estimate of drug-likeness (QED) is 0.880. The van der Waals surface area contributed by atoms with Crippen LogP contribution < -0.4 is 4.74 Å². The van der Waals surface area contributed by atoms with E-state index in [4.69, 9.17) is 9.47 Å². The van der Waals surface area contributed by atoms with Crippen molar-refractivity contribution in [3.05, 3.63) is 41.2 Å². The van der Waals surface area contributed by atoms with E-state index in [1.165, 1.54) is 4.90 Å². The highest BCUT2D eigenvalue weighted by atomic mass is 16.6. The summed E-state index contributed by atoms with van der Waals surface area (Å²) in [6.45, 7) is 4.44. The number of amides is 1. The molecule has 2 heterocycles. The van der Waals surface area contributed by atoms with Crippen LogP contribution in [-0.2, 0) is 4.74 Å². The number of rotatable bonds is 4. The fourth-order valence-electron chi connectivity index (χ4n) is 2.68. The van der Waals surface area contributed by atoms with Crippen LogP contribution in [0.25, 0.3) is 0 Å². The van der Waals surface area contributed by atoms with E-state index in [-0.39, 0.29) is 31.4 Å². The van der Waals surface area contributed by atoms with E-state index in [0.29, 0.717) is 24.6 Å². The molecule has 0 saturated carbocycles. The van der Waals surface area contributed by atoms with Gasteiger partial charge in [0.05, 0.1) is 19.8 Å². The molecule has 1 aromatic carbocycles. The van der Waals surface area contributed by atoms with Crippen LogP contribution in [0.3, 0.4) is 0 Å². The van der Waals surface area contributed by atoms with Crippen molar-refractivity contribution >= 4 is 5.91 Å². The van der Waals surface area contributed by atoms with E-state index in [1.54, 1.807) is 6.92 Å². The lowest BCUT2D eigenvalue weighted by Gasteiger charge is -2.30. The summed E-state index contributed by atoms with van der Waals surface area (Å²) in [6, 6.07) is 7.55. The third kappa shape index (κ3) is 4.15. The molecule has 134 valence electrons. The minimum absolute atomic E-state index is 0.0102. The van der Waals surface area contributed by atoms with Gasteiger partial charge in [-0.15, -0.1) is 0 Å². The maximum absolute atomic E-state index is 12.6. The summed E-state index contributed by atoms with van der Waals surface area (Å²) in [4.78, 5) is 14.1. The normalized spacial score (nSPS) is 21.0. The number of benzene rings is 1. The fraction of sp³-hybridized carbons (Fsp3) is 0.471. The van der Waals surface area contributed by atoms with Gasteiger partial charge in [-0.25, -0.2) is 4.63 Å². The van der Waals surface area contributed by atoms with Gasteiger partial charge in [0.25, 0.3) is 5.91 Å². The zero-order chi connectivity index (χ0) is 17.9. The number of aryl methyl sites for hydroxylation is 2. The predicted octanol–water partition coefficient (Wildman–Crippen LogP) is 0.969. The molecule has 2 aromatic rings. The first kappa shape index (κ1) is 17.4. The van der Waals surface area contributed by atoms with Crippen LogP contribution in [0.1, 0.15) is 21.7 Å². The molecule has 1 atom stereocenters. The van der Waals surface area contributed by atoms with E-state index in [9.17, 15) is 9.90 Å². The number of ether oxygens (including phenoxy) is 2. The summed E-state index contributed by atoms with van der Waals surface area (Å²) in [5, 5.41) is 18.1. The number of aromatic nitrogens is 2. The maximum Gasteiger partial charge on any atom is 0.278 e. The van der Waals surface area contributed by atoms with Crippen LogP contribution >= 0.6 is 0 Å². The molecule has 8 heteroatoms. The van der Waals surface area contributed by atoms with Crippen molar-refractivity contribution in [3.8, 4) is 5.75 Å². The van der Waals surface area contributed by atoms with Crippen molar-refractivity contribution in [2.45, 2.75) is 19.4 Å². The molecule has 0 aliphatic carbocycles. The van der Waals surface area contributed by atoms with Gasteiger partial charge in [0.15, 0.2) is 5.69 Å².